The van der Waals surface area contributed by atoms with Crippen LogP contribution in [-0.4, -0.2) is 23.6 Å². The van der Waals surface area contributed by atoms with Crippen LogP contribution >= 0.6 is 0 Å². The lowest BCUT2D eigenvalue weighted by atomic mass is 10.1. The van der Waals surface area contributed by atoms with Crippen molar-refractivity contribution in [3.05, 3.63) is 47.8 Å². The van der Waals surface area contributed by atoms with Crippen molar-refractivity contribution in [3.63, 3.8) is 0 Å². The molecule has 0 atom stereocenters. The number of imidazole rings is 1. The Bertz CT molecular complexity index is 824. The number of pyridine rings is 1. The second-order valence-corrected chi connectivity index (χ2v) is 5.04. The summed E-state index contributed by atoms with van der Waals surface area (Å²) in [5.41, 5.74) is 10.6. The van der Waals surface area contributed by atoms with Crippen LogP contribution in [0.25, 0.3) is 16.9 Å². The van der Waals surface area contributed by atoms with Crippen LogP contribution in [-0.2, 0) is 6.54 Å². The van der Waals surface area contributed by atoms with E-state index in [-0.39, 0.29) is 0 Å². The Morgan fingerprint density at radius 3 is 2.64 bits per heavy atom. The summed E-state index contributed by atoms with van der Waals surface area (Å²) in [6, 6.07) is 11.7. The molecule has 0 amide bonds. The van der Waals surface area contributed by atoms with Crippen molar-refractivity contribution < 1.29 is 9.47 Å². The van der Waals surface area contributed by atoms with Gasteiger partial charge in [0.25, 0.3) is 0 Å². The number of aromatic nitrogens is 2. The van der Waals surface area contributed by atoms with E-state index in [9.17, 15) is 0 Å². The number of ether oxygens (including phenoxy) is 2. The largest absolute Gasteiger partial charge is 0.497 e. The number of methoxy groups -OCH3 is 2. The molecule has 0 aliphatic rings. The average molecular weight is 297 g/mol. The van der Waals surface area contributed by atoms with Crippen molar-refractivity contribution in [2.45, 2.75) is 13.5 Å². The van der Waals surface area contributed by atoms with E-state index in [0.29, 0.717) is 6.54 Å². The summed E-state index contributed by atoms with van der Waals surface area (Å²) in [6.07, 6.45) is 0. The van der Waals surface area contributed by atoms with Gasteiger partial charge in [0.1, 0.15) is 17.1 Å². The van der Waals surface area contributed by atoms with Gasteiger partial charge in [0.15, 0.2) is 0 Å². The second kappa shape index (κ2) is 5.69. The van der Waals surface area contributed by atoms with E-state index in [1.54, 1.807) is 14.2 Å². The van der Waals surface area contributed by atoms with E-state index >= 15 is 0 Å². The highest BCUT2D eigenvalue weighted by Crippen LogP contribution is 2.35. The first-order chi connectivity index (χ1) is 10.7. The first-order valence-corrected chi connectivity index (χ1v) is 7.09. The van der Waals surface area contributed by atoms with Crippen molar-refractivity contribution in [2.75, 3.05) is 14.2 Å². The standard InChI is InChI=1S/C17H19N3O2/c1-11-5-4-6-16-19-17(14(10-18)20(11)16)13-9-12(21-2)7-8-15(13)22-3/h4-9H,10,18H2,1-3H3. The Kier molecular flexibility index (Phi) is 3.73. The van der Waals surface area contributed by atoms with Gasteiger partial charge in [-0.2, -0.15) is 0 Å². The van der Waals surface area contributed by atoms with Gasteiger partial charge in [0, 0.05) is 17.8 Å². The fraction of sp³-hybridized carbons (Fsp3) is 0.235. The molecule has 114 valence electrons. The molecule has 2 aromatic heterocycles. The van der Waals surface area contributed by atoms with Crippen LogP contribution in [0.15, 0.2) is 36.4 Å². The second-order valence-electron chi connectivity index (χ2n) is 5.04. The Labute approximate surface area is 129 Å². The van der Waals surface area contributed by atoms with Crippen LogP contribution in [0.1, 0.15) is 11.4 Å². The van der Waals surface area contributed by atoms with Crippen LogP contribution in [0, 0.1) is 6.92 Å². The molecule has 0 unspecified atom stereocenters. The summed E-state index contributed by atoms with van der Waals surface area (Å²) in [5, 5.41) is 0. The topological polar surface area (TPSA) is 61.8 Å². The van der Waals surface area contributed by atoms with Gasteiger partial charge in [0.05, 0.1) is 25.6 Å². The highest BCUT2D eigenvalue weighted by Gasteiger charge is 2.18. The minimum absolute atomic E-state index is 0.391. The average Bonchev–Trinajstić information content (AvgIpc) is 2.94. The zero-order chi connectivity index (χ0) is 15.7. The molecule has 22 heavy (non-hydrogen) atoms. The van der Waals surface area contributed by atoms with Crippen molar-refractivity contribution in [1.29, 1.82) is 0 Å². The molecule has 5 heteroatoms. The molecule has 0 spiro atoms. The first-order valence-electron chi connectivity index (χ1n) is 7.09. The molecule has 0 fully saturated rings. The molecule has 2 heterocycles. The maximum absolute atomic E-state index is 6.00. The number of hydrogen-bond donors (Lipinski definition) is 1. The van der Waals surface area contributed by atoms with E-state index in [1.807, 2.05) is 43.3 Å². The molecule has 0 aliphatic heterocycles. The summed E-state index contributed by atoms with van der Waals surface area (Å²) in [5.74, 6) is 1.50. The maximum Gasteiger partial charge on any atom is 0.137 e. The summed E-state index contributed by atoms with van der Waals surface area (Å²) < 4.78 is 12.9. The predicted molar refractivity (Wildman–Crippen MR) is 86.4 cm³/mol. The van der Waals surface area contributed by atoms with Gasteiger partial charge in [0.2, 0.25) is 0 Å². The zero-order valence-electron chi connectivity index (χ0n) is 13.0. The summed E-state index contributed by atoms with van der Waals surface area (Å²) in [6.45, 7) is 2.43. The first kappa shape index (κ1) is 14.4. The number of nitrogens with zero attached hydrogens (tertiary/aromatic N) is 2. The van der Waals surface area contributed by atoms with Gasteiger partial charge in [-0.3, -0.25) is 4.40 Å². The van der Waals surface area contributed by atoms with Crippen LogP contribution in [0.2, 0.25) is 0 Å². The molecule has 0 radical (unpaired) electrons. The van der Waals surface area contributed by atoms with E-state index in [2.05, 4.69) is 4.40 Å². The Balaban J connectivity index is 2.33. The number of hydrogen-bond acceptors (Lipinski definition) is 4. The van der Waals surface area contributed by atoms with Gasteiger partial charge in [-0.15, -0.1) is 0 Å². The normalized spacial score (nSPS) is 10.9. The molecular formula is C17H19N3O2. The lowest BCUT2D eigenvalue weighted by molar-refractivity contribution is 0.404. The fourth-order valence-electron chi connectivity index (χ4n) is 2.73. The Morgan fingerprint density at radius 1 is 1.14 bits per heavy atom. The predicted octanol–water partition coefficient (Wildman–Crippen LogP) is 2.79. The third-order valence-electron chi connectivity index (χ3n) is 3.79. The monoisotopic (exact) mass is 297 g/mol. The highest BCUT2D eigenvalue weighted by molar-refractivity contribution is 5.74. The van der Waals surface area contributed by atoms with Crippen molar-refractivity contribution in [2.24, 2.45) is 5.73 Å². The Hall–Kier alpha value is -2.53. The van der Waals surface area contributed by atoms with E-state index in [1.165, 1.54) is 0 Å². The minimum atomic E-state index is 0.391. The third-order valence-corrected chi connectivity index (χ3v) is 3.79. The van der Waals surface area contributed by atoms with Crippen LogP contribution in [0.3, 0.4) is 0 Å². The summed E-state index contributed by atoms with van der Waals surface area (Å²) in [4.78, 5) is 4.75. The molecule has 3 aromatic rings. The van der Waals surface area contributed by atoms with Gasteiger partial charge >= 0.3 is 0 Å². The number of rotatable bonds is 4. The van der Waals surface area contributed by atoms with Crippen molar-refractivity contribution in [1.82, 2.24) is 9.38 Å². The Morgan fingerprint density at radius 2 is 1.95 bits per heavy atom. The van der Waals surface area contributed by atoms with E-state index in [0.717, 1.165) is 39.8 Å². The van der Waals surface area contributed by atoms with Gasteiger partial charge in [-0.25, -0.2) is 4.98 Å². The molecule has 3 rings (SSSR count). The van der Waals surface area contributed by atoms with E-state index in [4.69, 9.17) is 20.2 Å². The quantitative estimate of drug-likeness (QED) is 0.804. The molecule has 5 nitrogen and oxygen atoms in total. The lowest BCUT2D eigenvalue weighted by Crippen LogP contribution is -2.05. The fourth-order valence-corrected chi connectivity index (χ4v) is 2.73. The van der Waals surface area contributed by atoms with Gasteiger partial charge in [-0.1, -0.05) is 6.07 Å². The van der Waals surface area contributed by atoms with Crippen molar-refractivity contribution in [3.8, 4) is 22.8 Å². The lowest BCUT2D eigenvalue weighted by Gasteiger charge is -2.10. The van der Waals surface area contributed by atoms with Crippen LogP contribution in [0.5, 0.6) is 11.5 Å². The third kappa shape index (κ3) is 2.19. The molecule has 0 saturated heterocycles. The van der Waals surface area contributed by atoms with Crippen molar-refractivity contribution >= 4 is 5.65 Å². The van der Waals surface area contributed by atoms with Crippen LogP contribution in [0.4, 0.5) is 0 Å². The number of aryl methyl sites for hydroxylation is 1. The number of fused-ring (bicyclic) bond motifs is 1. The molecule has 0 bridgehead atoms. The van der Waals surface area contributed by atoms with Crippen LogP contribution < -0.4 is 15.2 Å². The van der Waals surface area contributed by atoms with Gasteiger partial charge < -0.3 is 15.2 Å². The SMILES string of the molecule is COc1ccc(OC)c(-c2nc3cccc(C)n3c2CN)c1. The molecule has 1 aromatic carbocycles. The number of nitrogens with two attached hydrogens (primary N) is 1. The summed E-state index contributed by atoms with van der Waals surface area (Å²) in [7, 11) is 3.29. The molecule has 0 aliphatic carbocycles. The summed E-state index contributed by atoms with van der Waals surface area (Å²) >= 11 is 0. The minimum Gasteiger partial charge on any atom is -0.497 e. The zero-order valence-corrected chi connectivity index (χ0v) is 13.0. The molecular weight excluding hydrogens is 278 g/mol. The number of benzene rings is 1. The maximum atomic E-state index is 6.00. The molecule has 2 N–H and O–H groups in total. The highest BCUT2D eigenvalue weighted by atomic mass is 16.5. The molecule has 0 saturated carbocycles. The van der Waals surface area contributed by atoms with E-state index < -0.39 is 0 Å². The smallest absolute Gasteiger partial charge is 0.137 e. The van der Waals surface area contributed by atoms with Gasteiger partial charge in [-0.05, 0) is 37.3 Å².